The van der Waals surface area contributed by atoms with Gasteiger partial charge in [-0.2, -0.15) is 0 Å². The number of halogens is 1. The summed E-state index contributed by atoms with van der Waals surface area (Å²) in [6.07, 6.45) is 0.942. The number of rotatable bonds is 6. The number of hydrogen-bond donors (Lipinski definition) is 2. The molecule has 2 N–H and O–H groups in total. The molecule has 0 saturated heterocycles. The number of benzene rings is 1. The van der Waals surface area contributed by atoms with Gasteiger partial charge >= 0.3 is 0 Å². The fourth-order valence-corrected chi connectivity index (χ4v) is 1.71. The van der Waals surface area contributed by atoms with Gasteiger partial charge in [-0.25, -0.2) is 0 Å². The zero-order valence-electron chi connectivity index (χ0n) is 9.90. The lowest BCUT2D eigenvalue weighted by atomic mass is 10.3. The van der Waals surface area contributed by atoms with Gasteiger partial charge in [-0.3, -0.25) is 14.9 Å². The molecular weight excluding hydrogens is 302 g/mol. The van der Waals surface area contributed by atoms with Gasteiger partial charge in [0.15, 0.2) is 0 Å². The van der Waals surface area contributed by atoms with E-state index in [4.69, 9.17) is 0 Å². The molecule has 98 valence electrons. The van der Waals surface area contributed by atoms with Crippen LogP contribution >= 0.6 is 15.9 Å². The van der Waals surface area contributed by atoms with Crippen LogP contribution in [0.1, 0.15) is 13.3 Å². The number of carbonyl (C=O) groups excluding carboxylic acids is 1. The average molecular weight is 316 g/mol. The predicted octanol–water partition coefficient (Wildman–Crippen LogP) is 2.30. The maximum absolute atomic E-state index is 11.5. The normalized spacial score (nSPS) is 10.1. The van der Waals surface area contributed by atoms with E-state index >= 15 is 0 Å². The van der Waals surface area contributed by atoms with Crippen molar-refractivity contribution in [3.63, 3.8) is 0 Å². The first-order valence-electron chi connectivity index (χ1n) is 5.49. The Morgan fingerprint density at radius 1 is 1.50 bits per heavy atom. The Bertz CT molecular complexity index is 451. The second-order valence-electron chi connectivity index (χ2n) is 3.65. The zero-order valence-corrected chi connectivity index (χ0v) is 11.5. The number of carbonyl (C=O) groups is 1. The van der Waals surface area contributed by atoms with Crippen LogP contribution in [-0.2, 0) is 4.79 Å². The van der Waals surface area contributed by atoms with Gasteiger partial charge in [-0.15, -0.1) is 0 Å². The lowest BCUT2D eigenvalue weighted by Crippen LogP contribution is -2.28. The quantitative estimate of drug-likeness (QED) is 0.479. The van der Waals surface area contributed by atoms with Crippen molar-refractivity contribution in [1.29, 1.82) is 0 Å². The highest BCUT2D eigenvalue weighted by atomic mass is 79.9. The van der Waals surface area contributed by atoms with Crippen LogP contribution in [0.3, 0.4) is 0 Å². The summed E-state index contributed by atoms with van der Waals surface area (Å²) in [6.45, 7) is 2.95. The third-order valence-corrected chi connectivity index (χ3v) is 2.81. The monoisotopic (exact) mass is 315 g/mol. The van der Waals surface area contributed by atoms with Crippen molar-refractivity contribution in [2.45, 2.75) is 13.3 Å². The summed E-state index contributed by atoms with van der Waals surface area (Å²) in [4.78, 5) is 21.7. The number of nitro benzene ring substituents is 1. The molecular formula is C11H14BrN3O3. The van der Waals surface area contributed by atoms with Crippen LogP contribution in [0.25, 0.3) is 0 Å². The van der Waals surface area contributed by atoms with E-state index in [1.54, 1.807) is 6.07 Å². The first-order chi connectivity index (χ1) is 8.54. The summed E-state index contributed by atoms with van der Waals surface area (Å²) in [5.41, 5.74) is 0.336. The largest absolute Gasteiger partial charge is 0.325 e. The van der Waals surface area contributed by atoms with Crippen LogP contribution in [0.15, 0.2) is 22.7 Å². The highest BCUT2D eigenvalue weighted by molar-refractivity contribution is 9.10. The van der Waals surface area contributed by atoms with Gasteiger partial charge in [0.1, 0.15) is 0 Å². The van der Waals surface area contributed by atoms with Gasteiger partial charge in [0.05, 0.1) is 15.9 Å². The highest BCUT2D eigenvalue weighted by Crippen LogP contribution is 2.27. The molecule has 1 aromatic rings. The lowest BCUT2D eigenvalue weighted by molar-refractivity contribution is -0.385. The van der Waals surface area contributed by atoms with E-state index in [-0.39, 0.29) is 18.1 Å². The van der Waals surface area contributed by atoms with Crippen molar-refractivity contribution in [1.82, 2.24) is 5.32 Å². The van der Waals surface area contributed by atoms with Gasteiger partial charge in [0, 0.05) is 11.8 Å². The maximum atomic E-state index is 11.5. The van der Waals surface area contributed by atoms with E-state index in [1.807, 2.05) is 6.92 Å². The van der Waals surface area contributed by atoms with Gasteiger partial charge in [0.2, 0.25) is 5.91 Å². The first kappa shape index (κ1) is 14.6. The molecule has 1 amide bonds. The van der Waals surface area contributed by atoms with E-state index in [2.05, 4.69) is 26.6 Å². The van der Waals surface area contributed by atoms with Crippen molar-refractivity contribution in [3.05, 3.63) is 32.8 Å². The smallest absolute Gasteiger partial charge is 0.285 e. The second-order valence-corrected chi connectivity index (χ2v) is 4.50. The molecule has 1 aromatic carbocycles. The minimum absolute atomic E-state index is 0.0747. The molecule has 0 spiro atoms. The molecule has 0 atom stereocenters. The third kappa shape index (κ3) is 4.42. The minimum atomic E-state index is -0.505. The second kappa shape index (κ2) is 7.07. The Morgan fingerprint density at radius 3 is 2.83 bits per heavy atom. The number of anilines is 1. The molecule has 0 aromatic heterocycles. The van der Waals surface area contributed by atoms with Crippen LogP contribution in [0.5, 0.6) is 0 Å². The van der Waals surface area contributed by atoms with E-state index in [0.29, 0.717) is 10.2 Å². The van der Waals surface area contributed by atoms with Crippen LogP contribution in [0.4, 0.5) is 11.4 Å². The number of nitro groups is 1. The molecule has 0 saturated carbocycles. The summed E-state index contributed by atoms with van der Waals surface area (Å²) in [7, 11) is 0. The molecule has 0 unspecified atom stereocenters. The molecule has 1 rings (SSSR count). The summed E-state index contributed by atoms with van der Waals surface area (Å²) >= 11 is 3.08. The topological polar surface area (TPSA) is 84.3 Å². The Morgan fingerprint density at radius 2 is 2.22 bits per heavy atom. The number of nitrogens with zero attached hydrogens (tertiary/aromatic N) is 1. The first-order valence-corrected chi connectivity index (χ1v) is 6.28. The van der Waals surface area contributed by atoms with Crippen LogP contribution in [-0.4, -0.2) is 23.9 Å². The molecule has 0 aliphatic heterocycles. The summed E-state index contributed by atoms with van der Waals surface area (Å²) in [5, 5.41) is 16.3. The minimum Gasteiger partial charge on any atom is -0.325 e. The Labute approximate surface area is 113 Å². The Balaban J connectivity index is 2.65. The fraction of sp³-hybridized carbons (Fsp3) is 0.364. The number of amides is 1. The van der Waals surface area contributed by atoms with Gasteiger partial charge in [-0.1, -0.05) is 6.92 Å². The molecule has 0 radical (unpaired) electrons. The van der Waals surface area contributed by atoms with Crippen LogP contribution in [0.2, 0.25) is 0 Å². The van der Waals surface area contributed by atoms with Gasteiger partial charge < -0.3 is 10.6 Å². The number of nitrogens with one attached hydrogen (secondary N) is 2. The average Bonchev–Trinajstić information content (AvgIpc) is 2.31. The predicted molar refractivity (Wildman–Crippen MR) is 72.6 cm³/mol. The molecule has 0 heterocycles. The molecule has 18 heavy (non-hydrogen) atoms. The van der Waals surface area contributed by atoms with Crippen molar-refractivity contribution in [2.24, 2.45) is 0 Å². The van der Waals surface area contributed by atoms with E-state index < -0.39 is 4.92 Å². The third-order valence-electron chi connectivity index (χ3n) is 2.14. The van der Waals surface area contributed by atoms with Crippen molar-refractivity contribution in [3.8, 4) is 0 Å². The molecule has 0 aliphatic carbocycles. The zero-order chi connectivity index (χ0) is 13.5. The molecule has 7 heteroatoms. The number of hydrogen-bond acceptors (Lipinski definition) is 4. The summed E-state index contributed by atoms with van der Waals surface area (Å²) in [5.74, 6) is -0.222. The molecule has 0 bridgehead atoms. The maximum Gasteiger partial charge on any atom is 0.285 e. The summed E-state index contributed by atoms with van der Waals surface area (Å²) < 4.78 is 0.384. The van der Waals surface area contributed by atoms with Crippen LogP contribution in [0, 0.1) is 10.1 Å². The van der Waals surface area contributed by atoms with E-state index in [9.17, 15) is 14.9 Å². The summed E-state index contributed by atoms with van der Waals surface area (Å²) in [6, 6.07) is 4.46. The van der Waals surface area contributed by atoms with E-state index in [0.717, 1.165) is 13.0 Å². The van der Waals surface area contributed by atoms with Crippen molar-refractivity contribution in [2.75, 3.05) is 18.4 Å². The van der Waals surface area contributed by atoms with Crippen LogP contribution < -0.4 is 10.6 Å². The highest BCUT2D eigenvalue weighted by Gasteiger charge is 2.13. The Kier molecular flexibility index (Phi) is 5.73. The SMILES string of the molecule is CCCNCC(=O)Nc1ccc(Br)c([N+](=O)[O-])c1. The lowest BCUT2D eigenvalue weighted by Gasteiger charge is -2.06. The van der Waals surface area contributed by atoms with Crippen molar-refractivity contribution >= 4 is 33.2 Å². The Hall–Kier alpha value is -1.47. The van der Waals surface area contributed by atoms with Crippen molar-refractivity contribution < 1.29 is 9.72 Å². The molecule has 0 aliphatic rings. The van der Waals surface area contributed by atoms with Gasteiger partial charge in [0.25, 0.3) is 5.69 Å². The molecule has 6 nitrogen and oxygen atoms in total. The fourth-order valence-electron chi connectivity index (χ4n) is 1.31. The standard InChI is InChI=1S/C11H14BrN3O3/c1-2-5-13-7-11(16)14-8-3-4-9(12)10(6-8)15(17)18/h3-4,6,13H,2,5,7H2,1H3,(H,14,16). The van der Waals surface area contributed by atoms with Gasteiger partial charge in [-0.05, 0) is 41.0 Å². The van der Waals surface area contributed by atoms with E-state index in [1.165, 1.54) is 12.1 Å². The molecule has 0 fully saturated rings.